The molecule has 1 aromatic carbocycles. The lowest BCUT2D eigenvalue weighted by molar-refractivity contribution is 0.154. The summed E-state index contributed by atoms with van der Waals surface area (Å²) in [7, 11) is 3.84. The highest BCUT2D eigenvalue weighted by atomic mass is 16.5. The van der Waals surface area contributed by atoms with E-state index in [1.54, 1.807) is 7.11 Å². The molecule has 0 amide bonds. The van der Waals surface area contributed by atoms with Crippen molar-refractivity contribution in [2.75, 3.05) is 32.1 Å². The van der Waals surface area contributed by atoms with Crippen LogP contribution in [0.1, 0.15) is 19.3 Å². The summed E-state index contributed by atoms with van der Waals surface area (Å²) in [5.74, 6) is 0.932. The Balaban J connectivity index is 2.11. The zero-order valence-corrected chi connectivity index (χ0v) is 10.8. The second kappa shape index (κ2) is 4.96. The number of anilines is 1. The quantitative estimate of drug-likeness (QED) is 0.849. The molecule has 0 aliphatic heterocycles. The normalized spacial score (nSPS) is 17.4. The molecule has 3 heteroatoms. The molecule has 2 rings (SSSR count). The van der Waals surface area contributed by atoms with Crippen LogP contribution in [0.2, 0.25) is 0 Å². The van der Waals surface area contributed by atoms with E-state index in [4.69, 9.17) is 10.5 Å². The van der Waals surface area contributed by atoms with E-state index in [0.717, 1.165) is 24.5 Å². The van der Waals surface area contributed by atoms with E-state index in [1.807, 2.05) is 18.2 Å². The highest BCUT2D eigenvalue weighted by Gasteiger charge is 2.36. The molecule has 0 unspecified atom stereocenters. The molecule has 0 aromatic heterocycles. The van der Waals surface area contributed by atoms with Crippen LogP contribution in [-0.2, 0) is 0 Å². The van der Waals surface area contributed by atoms with Gasteiger partial charge in [-0.3, -0.25) is 0 Å². The van der Waals surface area contributed by atoms with Crippen molar-refractivity contribution in [3.63, 3.8) is 0 Å². The van der Waals surface area contributed by atoms with Gasteiger partial charge in [0, 0.05) is 19.0 Å². The van der Waals surface area contributed by atoms with E-state index >= 15 is 0 Å². The number of nitrogens with two attached hydrogens (primary N) is 1. The lowest BCUT2D eigenvalue weighted by Crippen LogP contribution is -2.46. The minimum atomic E-state index is 0.329. The van der Waals surface area contributed by atoms with E-state index in [0.29, 0.717) is 5.41 Å². The number of nitrogens with zero attached hydrogens (tertiary/aromatic N) is 1. The van der Waals surface area contributed by atoms with Gasteiger partial charge in [0.25, 0.3) is 0 Å². The SMILES string of the molecule is COc1ccccc1N(C)CC1(CN)CCC1. The molecule has 0 spiro atoms. The van der Waals surface area contributed by atoms with Gasteiger partial charge in [0.1, 0.15) is 5.75 Å². The Labute approximate surface area is 104 Å². The molecule has 1 aliphatic rings. The zero-order valence-electron chi connectivity index (χ0n) is 10.8. The molecule has 1 aromatic rings. The van der Waals surface area contributed by atoms with Crippen molar-refractivity contribution in [1.82, 2.24) is 0 Å². The van der Waals surface area contributed by atoms with E-state index in [-0.39, 0.29) is 0 Å². The van der Waals surface area contributed by atoms with E-state index in [9.17, 15) is 0 Å². The van der Waals surface area contributed by atoms with Gasteiger partial charge in [-0.05, 0) is 31.5 Å². The lowest BCUT2D eigenvalue weighted by Gasteiger charge is -2.44. The fourth-order valence-corrected chi connectivity index (χ4v) is 2.64. The van der Waals surface area contributed by atoms with Crippen LogP contribution in [0.15, 0.2) is 24.3 Å². The third-order valence-corrected chi connectivity index (χ3v) is 3.92. The second-order valence-corrected chi connectivity index (χ2v) is 5.09. The molecule has 1 fully saturated rings. The fourth-order valence-electron chi connectivity index (χ4n) is 2.64. The topological polar surface area (TPSA) is 38.5 Å². The van der Waals surface area contributed by atoms with Crippen LogP contribution in [0, 0.1) is 5.41 Å². The Morgan fingerprint density at radius 2 is 2.06 bits per heavy atom. The zero-order chi connectivity index (χ0) is 12.3. The monoisotopic (exact) mass is 234 g/mol. The molecule has 0 bridgehead atoms. The van der Waals surface area contributed by atoms with Crippen molar-refractivity contribution in [2.45, 2.75) is 19.3 Å². The average Bonchev–Trinajstić information content (AvgIpc) is 2.33. The predicted molar refractivity (Wildman–Crippen MR) is 71.6 cm³/mol. The van der Waals surface area contributed by atoms with Crippen molar-refractivity contribution in [3.05, 3.63) is 24.3 Å². The maximum absolute atomic E-state index is 5.91. The first-order chi connectivity index (χ1) is 8.21. The number of hydrogen-bond acceptors (Lipinski definition) is 3. The second-order valence-electron chi connectivity index (χ2n) is 5.09. The summed E-state index contributed by atoms with van der Waals surface area (Å²) in [4.78, 5) is 2.27. The predicted octanol–water partition coefficient (Wildman–Crippen LogP) is 2.26. The van der Waals surface area contributed by atoms with Crippen LogP contribution in [0.5, 0.6) is 5.75 Å². The van der Waals surface area contributed by atoms with Crippen LogP contribution in [0.25, 0.3) is 0 Å². The summed E-state index contributed by atoms with van der Waals surface area (Å²) in [5.41, 5.74) is 7.38. The van der Waals surface area contributed by atoms with Gasteiger partial charge in [0.05, 0.1) is 12.8 Å². The van der Waals surface area contributed by atoms with Gasteiger partial charge in [-0.15, -0.1) is 0 Å². The van der Waals surface area contributed by atoms with Gasteiger partial charge in [0.2, 0.25) is 0 Å². The highest BCUT2D eigenvalue weighted by Crippen LogP contribution is 2.41. The Morgan fingerprint density at radius 1 is 1.35 bits per heavy atom. The minimum absolute atomic E-state index is 0.329. The molecule has 2 N–H and O–H groups in total. The molecule has 94 valence electrons. The number of hydrogen-bond donors (Lipinski definition) is 1. The first kappa shape index (κ1) is 12.2. The Morgan fingerprint density at radius 3 is 2.59 bits per heavy atom. The van der Waals surface area contributed by atoms with Gasteiger partial charge in [-0.25, -0.2) is 0 Å². The molecular formula is C14H22N2O. The van der Waals surface area contributed by atoms with Gasteiger partial charge in [-0.2, -0.15) is 0 Å². The van der Waals surface area contributed by atoms with Crippen molar-refractivity contribution < 1.29 is 4.74 Å². The maximum Gasteiger partial charge on any atom is 0.142 e. The smallest absolute Gasteiger partial charge is 0.142 e. The van der Waals surface area contributed by atoms with Gasteiger partial charge >= 0.3 is 0 Å². The van der Waals surface area contributed by atoms with Crippen LogP contribution in [0.4, 0.5) is 5.69 Å². The summed E-state index contributed by atoms with van der Waals surface area (Å²) in [5, 5.41) is 0. The summed E-state index contributed by atoms with van der Waals surface area (Å²) < 4.78 is 5.39. The third-order valence-electron chi connectivity index (χ3n) is 3.92. The largest absolute Gasteiger partial charge is 0.495 e. The van der Waals surface area contributed by atoms with Crippen LogP contribution < -0.4 is 15.4 Å². The number of para-hydroxylation sites is 2. The molecule has 0 saturated heterocycles. The summed E-state index contributed by atoms with van der Waals surface area (Å²) in [6.07, 6.45) is 3.82. The highest BCUT2D eigenvalue weighted by molar-refractivity contribution is 5.58. The van der Waals surface area contributed by atoms with Crippen LogP contribution in [0.3, 0.4) is 0 Å². The van der Waals surface area contributed by atoms with E-state index < -0.39 is 0 Å². The van der Waals surface area contributed by atoms with Crippen molar-refractivity contribution in [1.29, 1.82) is 0 Å². The Hall–Kier alpha value is -1.22. The molecular weight excluding hydrogens is 212 g/mol. The number of ether oxygens (including phenoxy) is 1. The molecule has 1 aliphatic carbocycles. The Bertz CT molecular complexity index is 369. The first-order valence-corrected chi connectivity index (χ1v) is 6.25. The van der Waals surface area contributed by atoms with Crippen molar-refractivity contribution >= 4 is 5.69 Å². The molecule has 17 heavy (non-hydrogen) atoms. The average molecular weight is 234 g/mol. The molecule has 0 atom stereocenters. The van der Waals surface area contributed by atoms with Crippen LogP contribution in [-0.4, -0.2) is 27.2 Å². The van der Waals surface area contributed by atoms with Gasteiger partial charge < -0.3 is 15.4 Å². The molecule has 3 nitrogen and oxygen atoms in total. The van der Waals surface area contributed by atoms with Gasteiger partial charge in [-0.1, -0.05) is 18.6 Å². The summed E-state index contributed by atoms with van der Waals surface area (Å²) in [6.45, 7) is 1.80. The Kier molecular flexibility index (Phi) is 3.57. The molecule has 1 saturated carbocycles. The minimum Gasteiger partial charge on any atom is -0.495 e. The lowest BCUT2D eigenvalue weighted by atomic mass is 9.68. The number of methoxy groups -OCH3 is 1. The first-order valence-electron chi connectivity index (χ1n) is 6.25. The van der Waals surface area contributed by atoms with Crippen molar-refractivity contribution in [3.8, 4) is 5.75 Å². The molecule has 0 radical (unpaired) electrons. The van der Waals surface area contributed by atoms with Crippen LogP contribution >= 0.6 is 0 Å². The number of benzene rings is 1. The van der Waals surface area contributed by atoms with Crippen molar-refractivity contribution in [2.24, 2.45) is 11.1 Å². The number of rotatable bonds is 5. The maximum atomic E-state index is 5.91. The van der Waals surface area contributed by atoms with E-state index in [1.165, 1.54) is 19.3 Å². The standard InChI is InChI=1S/C14H22N2O/c1-16(11-14(10-15)8-5-9-14)12-6-3-4-7-13(12)17-2/h3-4,6-7H,5,8-11,15H2,1-2H3. The fraction of sp³-hybridized carbons (Fsp3) is 0.571. The molecule has 0 heterocycles. The third kappa shape index (κ3) is 2.39. The summed E-state index contributed by atoms with van der Waals surface area (Å²) in [6, 6.07) is 8.14. The summed E-state index contributed by atoms with van der Waals surface area (Å²) >= 11 is 0. The van der Waals surface area contributed by atoms with Gasteiger partial charge in [0.15, 0.2) is 0 Å². The van der Waals surface area contributed by atoms with E-state index in [2.05, 4.69) is 18.0 Å².